The first-order valence-electron chi connectivity index (χ1n) is 5.30. The van der Waals surface area contributed by atoms with Crippen molar-refractivity contribution in [3.8, 4) is 0 Å². The first-order valence-corrected chi connectivity index (χ1v) is 6.29. The third-order valence-corrected chi connectivity index (χ3v) is 3.18. The Balaban J connectivity index is 2.03. The van der Waals surface area contributed by atoms with Crippen molar-refractivity contribution in [3.63, 3.8) is 0 Å². The van der Waals surface area contributed by atoms with Crippen LogP contribution in [0, 0.1) is 6.92 Å². The van der Waals surface area contributed by atoms with E-state index in [1.54, 1.807) is 12.1 Å². The molecule has 18 heavy (non-hydrogen) atoms. The van der Waals surface area contributed by atoms with Crippen molar-refractivity contribution in [3.05, 3.63) is 41.2 Å². The molecule has 0 saturated carbocycles. The second kappa shape index (κ2) is 5.65. The van der Waals surface area contributed by atoms with Gasteiger partial charge in [-0.2, -0.15) is 0 Å². The van der Waals surface area contributed by atoms with Crippen LogP contribution in [0.5, 0.6) is 0 Å². The number of rotatable bonds is 4. The molecule has 0 fully saturated rings. The van der Waals surface area contributed by atoms with Crippen LogP contribution < -0.4 is 11.3 Å². The van der Waals surface area contributed by atoms with E-state index >= 15 is 0 Å². The number of hydrogen-bond donors (Lipinski definition) is 3. The largest absolute Gasteiger partial charge is 0.290 e. The highest BCUT2D eigenvalue weighted by Crippen LogP contribution is 2.19. The van der Waals surface area contributed by atoms with E-state index in [0.29, 0.717) is 16.5 Å². The summed E-state index contributed by atoms with van der Waals surface area (Å²) < 4.78 is 0. The number of aryl methyl sites for hydroxylation is 1. The SMILES string of the molecule is Cc1nc(SCc2cccc(C(=O)NN)c2)n[nH]1. The van der Waals surface area contributed by atoms with Gasteiger partial charge in [0.25, 0.3) is 5.91 Å². The van der Waals surface area contributed by atoms with Gasteiger partial charge in [-0.3, -0.25) is 15.3 Å². The quantitative estimate of drug-likeness (QED) is 0.331. The number of nitrogens with one attached hydrogen (secondary N) is 2. The molecule has 0 aliphatic heterocycles. The number of carbonyl (C=O) groups is 1. The van der Waals surface area contributed by atoms with Gasteiger partial charge < -0.3 is 0 Å². The van der Waals surface area contributed by atoms with Gasteiger partial charge >= 0.3 is 0 Å². The molecule has 4 N–H and O–H groups in total. The Morgan fingerprint density at radius 1 is 1.56 bits per heavy atom. The number of hydrazine groups is 1. The number of carbonyl (C=O) groups excluding carboxylic acids is 1. The number of aromatic nitrogens is 3. The molecular weight excluding hydrogens is 250 g/mol. The van der Waals surface area contributed by atoms with Gasteiger partial charge in [-0.15, -0.1) is 5.10 Å². The molecule has 0 atom stereocenters. The average molecular weight is 263 g/mol. The topological polar surface area (TPSA) is 96.7 Å². The van der Waals surface area contributed by atoms with Crippen LogP contribution in [0.4, 0.5) is 0 Å². The fourth-order valence-electron chi connectivity index (χ4n) is 1.42. The van der Waals surface area contributed by atoms with E-state index in [-0.39, 0.29) is 5.91 Å². The molecule has 1 heterocycles. The van der Waals surface area contributed by atoms with E-state index in [1.165, 1.54) is 11.8 Å². The van der Waals surface area contributed by atoms with E-state index in [0.717, 1.165) is 11.4 Å². The van der Waals surface area contributed by atoms with Crippen molar-refractivity contribution in [1.29, 1.82) is 0 Å². The highest BCUT2D eigenvalue weighted by molar-refractivity contribution is 7.98. The zero-order valence-corrected chi connectivity index (χ0v) is 10.6. The van der Waals surface area contributed by atoms with Crippen LogP contribution in [0.15, 0.2) is 29.4 Å². The molecule has 1 aromatic carbocycles. The number of nitrogens with two attached hydrogens (primary N) is 1. The molecule has 1 aromatic heterocycles. The molecule has 0 radical (unpaired) electrons. The van der Waals surface area contributed by atoms with Crippen LogP contribution in [-0.2, 0) is 5.75 Å². The monoisotopic (exact) mass is 263 g/mol. The lowest BCUT2D eigenvalue weighted by atomic mass is 10.1. The molecule has 2 aromatic rings. The van der Waals surface area contributed by atoms with Gasteiger partial charge in [-0.05, 0) is 24.6 Å². The molecule has 0 spiro atoms. The Bertz CT molecular complexity index is 554. The predicted molar refractivity (Wildman–Crippen MR) is 68.8 cm³/mol. The van der Waals surface area contributed by atoms with Crippen LogP contribution in [0.2, 0.25) is 0 Å². The van der Waals surface area contributed by atoms with E-state index in [2.05, 4.69) is 20.6 Å². The number of hydrogen-bond acceptors (Lipinski definition) is 5. The van der Waals surface area contributed by atoms with Crippen LogP contribution in [0.25, 0.3) is 0 Å². The van der Waals surface area contributed by atoms with Crippen LogP contribution in [-0.4, -0.2) is 21.1 Å². The summed E-state index contributed by atoms with van der Waals surface area (Å²) in [7, 11) is 0. The minimum Gasteiger partial charge on any atom is -0.290 e. The number of benzene rings is 1. The number of aromatic amines is 1. The predicted octanol–water partition coefficient (Wildman–Crippen LogP) is 1.01. The fraction of sp³-hybridized carbons (Fsp3) is 0.182. The number of nitrogens with zero attached hydrogens (tertiary/aromatic N) is 2. The molecule has 0 aliphatic carbocycles. The highest BCUT2D eigenvalue weighted by atomic mass is 32.2. The van der Waals surface area contributed by atoms with Gasteiger partial charge in [0.15, 0.2) is 0 Å². The van der Waals surface area contributed by atoms with Crippen molar-refractivity contribution in [2.75, 3.05) is 0 Å². The Kier molecular flexibility index (Phi) is 3.96. The number of nitrogen functional groups attached to an aromatic ring is 1. The molecule has 7 heteroatoms. The molecule has 0 saturated heterocycles. The summed E-state index contributed by atoms with van der Waals surface area (Å²) in [5, 5.41) is 7.51. The third kappa shape index (κ3) is 3.08. The van der Waals surface area contributed by atoms with Crippen molar-refractivity contribution in [2.24, 2.45) is 5.84 Å². The molecule has 94 valence electrons. The lowest BCUT2D eigenvalue weighted by molar-refractivity contribution is 0.0953. The zero-order chi connectivity index (χ0) is 13.0. The third-order valence-electron chi connectivity index (χ3n) is 2.26. The average Bonchev–Trinajstić information content (AvgIpc) is 2.81. The van der Waals surface area contributed by atoms with Gasteiger partial charge in [-0.25, -0.2) is 10.8 Å². The first kappa shape index (κ1) is 12.6. The standard InChI is InChI=1S/C11H13N5OS/c1-7-13-11(16-15-7)18-6-8-3-2-4-9(5-8)10(17)14-12/h2-5H,6,12H2,1H3,(H,14,17)(H,13,15,16). The molecular formula is C11H13N5OS. The van der Waals surface area contributed by atoms with E-state index < -0.39 is 0 Å². The Morgan fingerprint density at radius 2 is 2.39 bits per heavy atom. The number of H-pyrrole nitrogens is 1. The summed E-state index contributed by atoms with van der Waals surface area (Å²) in [6.07, 6.45) is 0. The molecule has 2 rings (SSSR count). The minimum atomic E-state index is -0.296. The van der Waals surface area contributed by atoms with Gasteiger partial charge in [0.1, 0.15) is 5.82 Å². The van der Waals surface area contributed by atoms with Crippen LogP contribution >= 0.6 is 11.8 Å². The summed E-state index contributed by atoms with van der Waals surface area (Å²) in [6.45, 7) is 1.85. The maximum Gasteiger partial charge on any atom is 0.265 e. The normalized spacial score (nSPS) is 10.3. The summed E-state index contributed by atoms with van der Waals surface area (Å²) >= 11 is 1.51. The van der Waals surface area contributed by atoms with E-state index in [1.807, 2.05) is 19.1 Å². The molecule has 0 unspecified atom stereocenters. The second-order valence-electron chi connectivity index (χ2n) is 3.67. The van der Waals surface area contributed by atoms with Gasteiger partial charge in [0.05, 0.1) is 0 Å². The molecule has 0 aliphatic rings. The molecule has 1 amide bonds. The van der Waals surface area contributed by atoms with Crippen LogP contribution in [0.3, 0.4) is 0 Å². The highest BCUT2D eigenvalue weighted by Gasteiger charge is 2.05. The van der Waals surface area contributed by atoms with Crippen molar-refractivity contribution in [2.45, 2.75) is 17.8 Å². The summed E-state index contributed by atoms with van der Waals surface area (Å²) in [5.74, 6) is 6.28. The van der Waals surface area contributed by atoms with Crippen molar-refractivity contribution in [1.82, 2.24) is 20.6 Å². The van der Waals surface area contributed by atoms with Crippen LogP contribution in [0.1, 0.15) is 21.7 Å². The van der Waals surface area contributed by atoms with Gasteiger partial charge in [0.2, 0.25) is 5.16 Å². The fourth-order valence-corrected chi connectivity index (χ4v) is 2.21. The van der Waals surface area contributed by atoms with Gasteiger partial charge in [0, 0.05) is 11.3 Å². The maximum absolute atomic E-state index is 11.4. The Hall–Kier alpha value is -1.86. The Morgan fingerprint density at radius 3 is 3.06 bits per heavy atom. The lowest BCUT2D eigenvalue weighted by Crippen LogP contribution is -2.29. The maximum atomic E-state index is 11.4. The molecule has 6 nitrogen and oxygen atoms in total. The first-order chi connectivity index (χ1) is 8.69. The Labute approximate surface area is 108 Å². The summed E-state index contributed by atoms with van der Waals surface area (Å²) in [4.78, 5) is 15.6. The number of thioether (sulfide) groups is 1. The van der Waals surface area contributed by atoms with E-state index in [4.69, 9.17) is 5.84 Å². The van der Waals surface area contributed by atoms with E-state index in [9.17, 15) is 4.79 Å². The van der Waals surface area contributed by atoms with Gasteiger partial charge in [-0.1, -0.05) is 23.9 Å². The zero-order valence-electron chi connectivity index (χ0n) is 9.80. The lowest BCUT2D eigenvalue weighted by Gasteiger charge is -2.02. The van der Waals surface area contributed by atoms with Crippen molar-refractivity contribution < 1.29 is 4.79 Å². The summed E-state index contributed by atoms with van der Waals surface area (Å²) in [6, 6.07) is 7.28. The second-order valence-corrected chi connectivity index (χ2v) is 4.61. The number of amides is 1. The smallest absolute Gasteiger partial charge is 0.265 e. The summed E-state index contributed by atoms with van der Waals surface area (Å²) in [5.41, 5.74) is 3.67. The van der Waals surface area contributed by atoms with Crippen molar-refractivity contribution >= 4 is 17.7 Å². The minimum absolute atomic E-state index is 0.296. The molecule has 0 bridgehead atoms.